The minimum atomic E-state index is 0.0572. The smallest absolute Gasteiger partial charge is 0.226 e. The molecule has 0 saturated heterocycles. The molecule has 0 unspecified atom stereocenters. The average Bonchev–Trinajstić information content (AvgIpc) is 2.74. The highest BCUT2D eigenvalue weighted by atomic mass is 35.5. The lowest BCUT2D eigenvalue weighted by atomic mass is 10.2. The third-order valence-corrected chi connectivity index (χ3v) is 3.07. The van der Waals surface area contributed by atoms with Crippen molar-refractivity contribution in [2.75, 3.05) is 0 Å². The van der Waals surface area contributed by atoms with E-state index in [0.717, 1.165) is 18.5 Å². The number of carbonyl (C=O) groups is 1. The summed E-state index contributed by atoms with van der Waals surface area (Å²) in [4.78, 5) is 15.8. The van der Waals surface area contributed by atoms with Gasteiger partial charge in [0.2, 0.25) is 5.91 Å². The standard InChI is InChI=1S/C12H15ClN2O/c13-9-5-6-11(14-8-9)7-12(16)15-10-3-1-2-4-10/h5-6,8,10H,1-4,7H2,(H,15,16). The molecular formula is C12H15ClN2O. The summed E-state index contributed by atoms with van der Waals surface area (Å²) < 4.78 is 0. The Bertz CT molecular complexity index is 358. The first kappa shape index (κ1) is 11.4. The molecule has 1 amide bonds. The molecule has 1 N–H and O–H groups in total. The lowest BCUT2D eigenvalue weighted by Gasteiger charge is -2.11. The van der Waals surface area contributed by atoms with Crippen molar-refractivity contribution in [2.24, 2.45) is 0 Å². The number of pyridine rings is 1. The second-order valence-corrected chi connectivity index (χ2v) is 4.63. The molecule has 0 atom stereocenters. The highest BCUT2D eigenvalue weighted by molar-refractivity contribution is 6.30. The molecule has 1 fully saturated rings. The quantitative estimate of drug-likeness (QED) is 0.878. The van der Waals surface area contributed by atoms with Crippen LogP contribution in [0, 0.1) is 0 Å². The molecule has 1 aliphatic rings. The molecule has 0 spiro atoms. The molecule has 4 heteroatoms. The first-order valence-corrected chi connectivity index (χ1v) is 6.01. The fraction of sp³-hybridized carbons (Fsp3) is 0.500. The van der Waals surface area contributed by atoms with Crippen molar-refractivity contribution in [1.29, 1.82) is 0 Å². The van der Waals surface area contributed by atoms with Crippen molar-refractivity contribution in [2.45, 2.75) is 38.1 Å². The van der Waals surface area contributed by atoms with E-state index in [-0.39, 0.29) is 5.91 Å². The van der Waals surface area contributed by atoms with Gasteiger partial charge in [-0.3, -0.25) is 9.78 Å². The summed E-state index contributed by atoms with van der Waals surface area (Å²) >= 11 is 5.72. The van der Waals surface area contributed by atoms with Crippen LogP contribution in [0.1, 0.15) is 31.4 Å². The van der Waals surface area contributed by atoms with E-state index in [2.05, 4.69) is 10.3 Å². The molecule has 1 heterocycles. The van der Waals surface area contributed by atoms with Gasteiger partial charge in [0.15, 0.2) is 0 Å². The Morgan fingerprint density at radius 2 is 2.19 bits per heavy atom. The van der Waals surface area contributed by atoms with Crippen molar-refractivity contribution < 1.29 is 4.79 Å². The molecule has 0 radical (unpaired) electrons. The summed E-state index contributed by atoms with van der Waals surface area (Å²) in [7, 11) is 0. The van der Waals surface area contributed by atoms with Crippen molar-refractivity contribution in [1.82, 2.24) is 10.3 Å². The highest BCUT2D eigenvalue weighted by Gasteiger charge is 2.17. The van der Waals surface area contributed by atoms with Gasteiger partial charge in [-0.05, 0) is 25.0 Å². The van der Waals surface area contributed by atoms with Crippen LogP contribution in [-0.2, 0) is 11.2 Å². The van der Waals surface area contributed by atoms with Crippen LogP contribution in [0.2, 0.25) is 5.02 Å². The summed E-state index contributed by atoms with van der Waals surface area (Å²) in [6.45, 7) is 0. The van der Waals surface area contributed by atoms with Gasteiger partial charge in [-0.15, -0.1) is 0 Å². The zero-order valence-corrected chi connectivity index (χ0v) is 9.83. The summed E-state index contributed by atoms with van der Waals surface area (Å²) in [6.07, 6.45) is 6.58. The van der Waals surface area contributed by atoms with Gasteiger partial charge in [0.05, 0.1) is 11.4 Å². The number of amides is 1. The number of aromatic nitrogens is 1. The van der Waals surface area contributed by atoms with Crippen LogP contribution in [0.25, 0.3) is 0 Å². The Morgan fingerprint density at radius 1 is 1.44 bits per heavy atom. The van der Waals surface area contributed by atoms with Crippen LogP contribution in [-0.4, -0.2) is 16.9 Å². The number of hydrogen-bond donors (Lipinski definition) is 1. The SMILES string of the molecule is O=C(Cc1ccc(Cl)cn1)NC1CCCC1. The first-order chi connectivity index (χ1) is 7.74. The van der Waals surface area contributed by atoms with Crippen LogP contribution in [0.4, 0.5) is 0 Å². The maximum atomic E-state index is 11.7. The number of nitrogens with zero attached hydrogens (tertiary/aromatic N) is 1. The molecule has 0 bridgehead atoms. The van der Waals surface area contributed by atoms with Crippen LogP contribution in [0.5, 0.6) is 0 Å². The van der Waals surface area contributed by atoms with Crippen LogP contribution >= 0.6 is 11.6 Å². The molecule has 0 aliphatic heterocycles. The Morgan fingerprint density at radius 3 is 2.81 bits per heavy atom. The number of nitrogens with one attached hydrogen (secondary N) is 1. The van der Waals surface area contributed by atoms with E-state index in [9.17, 15) is 4.79 Å². The van der Waals surface area contributed by atoms with Gasteiger partial charge in [-0.1, -0.05) is 24.4 Å². The normalized spacial score (nSPS) is 16.3. The molecule has 0 aromatic carbocycles. The van der Waals surface area contributed by atoms with E-state index in [1.165, 1.54) is 12.8 Å². The third kappa shape index (κ3) is 3.20. The van der Waals surface area contributed by atoms with E-state index in [0.29, 0.717) is 17.5 Å². The number of rotatable bonds is 3. The molecule has 1 aliphatic carbocycles. The Labute approximate surface area is 100 Å². The van der Waals surface area contributed by atoms with Crippen molar-refractivity contribution in [3.05, 3.63) is 29.0 Å². The van der Waals surface area contributed by atoms with Crippen molar-refractivity contribution in [3.8, 4) is 0 Å². The first-order valence-electron chi connectivity index (χ1n) is 5.64. The van der Waals surface area contributed by atoms with Crippen LogP contribution in [0.3, 0.4) is 0 Å². The van der Waals surface area contributed by atoms with Gasteiger partial charge in [-0.25, -0.2) is 0 Å². The second kappa shape index (κ2) is 5.30. The van der Waals surface area contributed by atoms with Gasteiger partial charge >= 0.3 is 0 Å². The van der Waals surface area contributed by atoms with Gasteiger partial charge in [0.1, 0.15) is 0 Å². The van der Waals surface area contributed by atoms with E-state index in [1.54, 1.807) is 18.3 Å². The van der Waals surface area contributed by atoms with Gasteiger partial charge in [0.25, 0.3) is 0 Å². The zero-order chi connectivity index (χ0) is 11.4. The molecular weight excluding hydrogens is 224 g/mol. The largest absolute Gasteiger partial charge is 0.353 e. The lowest BCUT2D eigenvalue weighted by molar-refractivity contribution is -0.121. The predicted octanol–water partition coefficient (Wildman–Crippen LogP) is 2.34. The second-order valence-electron chi connectivity index (χ2n) is 4.19. The average molecular weight is 239 g/mol. The van der Waals surface area contributed by atoms with Gasteiger partial charge in [0, 0.05) is 17.9 Å². The molecule has 1 aromatic heterocycles. The Hall–Kier alpha value is -1.09. The topological polar surface area (TPSA) is 42.0 Å². The summed E-state index contributed by atoms with van der Waals surface area (Å²) in [5.74, 6) is 0.0572. The fourth-order valence-electron chi connectivity index (χ4n) is 2.02. The molecule has 2 rings (SSSR count). The monoisotopic (exact) mass is 238 g/mol. The minimum absolute atomic E-state index is 0.0572. The molecule has 1 saturated carbocycles. The number of carbonyl (C=O) groups excluding carboxylic acids is 1. The highest BCUT2D eigenvalue weighted by Crippen LogP contribution is 2.17. The lowest BCUT2D eigenvalue weighted by Crippen LogP contribution is -2.33. The van der Waals surface area contributed by atoms with E-state index >= 15 is 0 Å². The van der Waals surface area contributed by atoms with Crippen LogP contribution < -0.4 is 5.32 Å². The van der Waals surface area contributed by atoms with E-state index in [1.807, 2.05) is 0 Å². The maximum Gasteiger partial charge on any atom is 0.226 e. The Kier molecular flexibility index (Phi) is 3.78. The molecule has 16 heavy (non-hydrogen) atoms. The van der Waals surface area contributed by atoms with Gasteiger partial charge < -0.3 is 5.32 Å². The summed E-state index contributed by atoms with van der Waals surface area (Å²) in [5, 5.41) is 3.63. The zero-order valence-electron chi connectivity index (χ0n) is 9.08. The maximum absolute atomic E-state index is 11.7. The number of hydrogen-bond acceptors (Lipinski definition) is 2. The van der Waals surface area contributed by atoms with Gasteiger partial charge in [-0.2, -0.15) is 0 Å². The number of halogens is 1. The third-order valence-electron chi connectivity index (χ3n) is 2.85. The fourth-order valence-corrected chi connectivity index (χ4v) is 2.14. The molecule has 3 nitrogen and oxygen atoms in total. The Balaban J connectivity index is 1.84. The van der Waals surface area contributed by atoms with Crippen LogP contribution in [0.15, 0.2) is 18.3 Å². The van der Waals surface area contributed by atoms with E-state index < -0.39 is 0 Å². The summed E-state index contributed by atoms with van der Waals surface area (Å²) in [6, 6.07) is 3.92. The molecule has 1 aromatic rings. The summed E-state index contributed by atoms with van der Waals surface area (Å²) in [5.41, 5.74) is 0.764. The molecule has 86 valence electrons. The minimum Gasteiger partial charge on any atom is -0.353 e. The van der Waals surface area contributed by atoms with E-state index in [4.69, 9.17) is 11.6 Å². The van der Waals surface area contributed by atoms with Crippen molar-refractivity contribution >= 4 is 17.5 Å². The predicted molar refractivity (Wildman–Crippen MR) is 63.3 cm³/mol. The van der Waals surface area contributed by atoms with Crippen molar-refractivity contribution in [3.63, 3.8) is 0 Å².